The number of aliphatic hydroxyl groups is 2. The van der Waals surface area contributed by atoms with Gasteiger partial charge >= 0.3 is 0 Å². The van der Waals surface area contributed by atoms with Crippen molar-refractivity contribution in [3.05, 3.63) is 107 Å². The van der Waals surface area contributed by atoms with Crippen molar-refractivity contribution in [2.45, 2.75) is 121 Å². The molecule has 10 heteroatoms. The minimum Gasteiger partial charge on any atom is -0.504 e. The number of rotatable bonds is 1. The normalized spacial score (nSPS) is 27.0. The van der Waals surface area contributed by atoms with Crippen molar-refractivity contribution in [1.29, 1.82) is 0 Å². The molecule has 0 spiro atoms. The molecule has 335 valence electrons. The third kappa shape index (κ3) is 10.3. The minimum atomic E-state index is -0.229. The third-order valence-electron chi connectivity index (χ3n) is 13.3. The van der Waals surface area contributed by atoms with Crippen molar-refractivity contribution in [2.75, 3.05) is 7.05 Å². The largest absolute Gasteiger partial charge is 0.504 e. The summed E-state index contributed by atoms with van der Waals surface area (Å²) in [5.74, 6) is 1.78. The zero-order valence-corrected chi connectivity index (χ0v) is 40.1. The van der Waals surface area contributed by atoms with Crippen LogP contribution in [0.4, 0.5) is 0 Å². The summed E-state index contributed by atoms with van der Waals surface area (Å²) in [6, 6.07) is 8.04. The fourth-order valence-electron chi connectivity index (χ4n) is 9.69. The number of pyridine rings is 2. The maximum Gasteiger partial charge on any atom is 0.223 e. The molecule has 4 atom stereocenters. The van der Waals surface area contributed by atoms with E-state index in [1.54, 1.807) is 30.6 Å². The van der Waals surface area contributed by atoms with Gasteiger partial charge in [0, 0.05) is 88.6 Å². The smallest absolute Gasteiger partial charge is 0.223 e. The van der Waals surface area contributed by atoms with Crippen LogP contribution in [-0.4, -0.2) is 61.2 Å². The average molecular weight is 888 g/mol. The number of fused-ring (bicyclic) bond motifs is 4. The van der Waals surface area contributed by atoms with E-state index in [4.69, 9.17) is 4.99 Å². The molecule has 7 aliphatic rings. The Morgan fingerprint density at radius 1 is 0.629 bits per heavy atom. The Kier molecular flexibility index (Phi) is 14.1. The van der Waals surface area contributed by atoms with Crippen LogP contribution in [0.1, 0.15) is 131 Å². The molecular weight excluding hydrogens is 820 g/mol. The molecule has 4 fully saturated rings. The molecule has 62 heavy (non-hydrogen) atoms. The Balaban J connectivity index is 0.000000190. The molecule has 2 aromatic heterocycles. The van der Waals surface area contributed by atoms with Crippen molar-refractivity contribution in [3.8, 4) is 11.4 Å². The number of aromatic nitrogens is 2. The van der Waals surface area contributed by atoms with E-state index in [1.807, 2.05) is 78.1 Å². The predicted octanol–water partition coefficient (Wildman–Crippen LogP) is 11.4. The van der Waals surface area contributed by atoms with Crippen molar-refractivity contribution in [3.63, 3.8) is 0 Å². The number of hydrogen-bond donors (Lipinski definition) is 2. The first-order chi connectivity index (χ1) is 28.3. The molecule has 9 rings (SSSR count). The van der Waals surface area contributed by atoms with Gasteiger partial charge in [-0.1, -0.05) is 95.2 Å². The quantitative estimate of drug-likeness (QED) is 0.289. The van der Waals surface area contributed by atoms with Gasteiger partial charge in [-0.2, -0.15) is 0 Å². The number of allylic oxidation sites excluding steroid dienone is 7. The summed E-state index contributed by atoms with van der Waals surface area (Å²) in [6.07, 6.45) is 19.3. The van der Waals surface area contributed by atoms with Crippen LogP contribution < -0.4 is 0 Å². The van der Waals surface area contributed by atoms with Crippen LogP contribution in [0.5, 0.6) is 0 Å². The molecule has 4 bridgehead atoms. The zero-order chi connectivity index (χ0) is 45.0. The summed E-state index contributed by atoms with van der Waals surface area (Å²) in [6.45, 7) is 24.6. The molecule has 1 radical (unpaired) electrons. The molecule has 4 heterocycles. The first kappa shape index (κ1) is 48.6. The minimum absolute atomic E-state index is 0. The molecule has 2 saturated heterocycles. The molecule has 0 aromatic carbocycles. The predicted molar refractivity (Wildman–Crippen MR) is 244 cm³/mol. The number of aliphatic imine (C=N–C) groups is 1. The SMILES string of the molecule is CC(C)(C)C1=CC(C(C)(C)C)C=C(O)C1=O.CC(C)(C)C1=CC(C(C)(C)C)C=C(O)C1=O.CN1/C(=C/N=C2C(=O)c3cccnc3-c3ncccc32)C2CC3CC(C2)CC1C3.[Co]. The Morgan fingerprint density at radius 2 is 1.06 bits per heavy atom. The van der Waals surface area contributed by atoms with Crippen LogP contribution in [0.25, 0.3) is 11.4 Å². The topological polar surface area (TPSA) is 133 Å². The summed E-state index contributed by atoms with van der Waals surface area (Å²) < 4.78 is 0. The van der Waals surface area contributed by atoms with Gasteiger partial charge in [0.2, 0.25) is 17.3 Å². The van der Waals surface area contributed by atoms with E-state index in [0.717, 1.165) is 23.1 Å². The van der Waals surface area contributed by atoms with Gasteiger partial charge in [-0.3, -0.25) is 29.3 Å². The van der Waals surface area contributed by atoms with Crippen LogP contribution in [0.15, 0.2) is 101 Å². The number of carbonyl (C=O) groups excluding carboxylic acids is 3. The van der Waals surface area contributed by atoms with Crippen LogP contribution in [0, 0.1) is 51.2 Å². The number of nitrogens with zero attached hydrogens (tertiary/aromatic N) is 4. The van der Waals surface area contributed by atoms with E-state index < -0.39 is 0 Å². The Labute approximate surface area is 380 Å². The summed E-state index contributed by atoms with van der Waals surface area (Å²) in [7, 11) is 2.22. The van der Waals surface area contributed by atoms with E-state index in [1.165, 1.54) is 37.8 Å². The zero-order valence-electron chi connectivity index (χ0n) is 39.1. The van der Waals surface area contributed by atoms with E-state index in [2.05, 4.69) is 63.5 Å². The molecule has 9 nitrogen and oxygen atoms in total. The van der Waals surface area contributed by atoms with Crippen LogP contribution in [0.2, 0.25) is 0 Å². The van der Waals surface area contributed by atoms with Gasteiger partial charge in [0.25, 0.3) is 0 Å². The second-order valence-corrected chi connectivity index (χ2v) is 22.2. The summed E-state index contributed by atoms with van der Waals surface area (Å²) in [4.78, 5) is 53.2. The second-order valence-electron chi connectivity index (χ2n) is 22.2. The van der Waals surface area contributed by atoms with Gasteiger partial charge < -0.3 is 15.1 Å². The van der Waals surface area contributed by atoms with Crippen LogP contribution in [0.3, 0.4) is 0 Å². The third-order valence-corrected chi connectivity index (χ3v) is 13.3. The van der Waals surface area contributed by atoms with E-state index in [-0.39, 0.29) is 79.1 Å². The van der Waals surface area contributed by atoms with Gasteiger partial charge in [0.1, 0.15) is 11.4 Å². The van der Waals surface area contributed by atoms with Gasteiger partial charge in [-0.25, -0.2) is 0 Å². The van der Waals surface area contributed by atoms with Gasteiger partial charge in [-0.15, -0.1) is 0 Å². The summed E-state index contributed by atoms with van der Waals surface area (Å²) >= 11 is 0. The number of Topliss-reactive ketones (excluding diaryl/α,β-unsaturated/α-hetero) is 3. The molecule has 2 aliphatic heterocycles. The second kappa shape index (κ2) is 18.0. The van der Waals surface area contributed by atoms with E-state index in [0.29, 0.717) is 40.1 Å². The Hall–Kier alpha value is -4.41. The van der Waals surface area contributed by atoms with Crippen molar-refractivity contribution in [2.24, 2.45) is 56.2 Å². The molecular formula is C52H68CoN4O5. The average Bonchev–Trinajstić information content (AvgIpc) is 3.30. The Morgan fingerprint density at radius 3 is 1.50 bits per heavy atom. The van der Waals surface area contributed by atoms with Crippen LogP contribution >= 0.6 is 0 Å². The van der Waals surface area contributed by atoms with Crippen molar-refractivity contribution >= 4 is 23.1 Å². The molecule has 0 amide bonds. The summed E-state index contributed by atoms with van der Waals surface area (Å²) in [5.41, 5.74) is 5.59. The fraction of sp³-hybridized carbons (Fsp3) is 0.538. The number of carbonyl (C=O) groups is 3. The van der Waals surface area contributed by atoms with Crippen molar-refractivity contribution < 1.29 is 41.4 Å². The fourth-order valence-corrected chi connectivity index (χ4v) is 9.69. The molecule has 2 saturated carbocycles. The monoisotopic (exact) mass is 887 g/mol. The first-order valence-electron chi connectivity index (χ1n) is 22.1. The standard InChI is InChI=1S/C24H24N4O.2C14H22O2.Co/c1-28-17-11-14-8-15(12-17)10-16(9-14)20(28)13-27-23-18-4-2-6-25-21(18)22-19(24(23)29)5-3-7-26-22;2*1-13(2,3)9-7-10(14(4,5)6)12(16)11(15)8-9;/h2-7,13-17H,8-12H2,1H3;2*7-9,15H,1-6H3;/b20-13+,27-23?;;;. The number of aliphatic hydroxyl groups excluding tert-OH is 2. The van der Waals surface area contributed by atoms with Gasteiger partial charge in [0.05, 0.1) is 11.3 Å². The molecule has 5 aliphatic carbocycles. The van der Waals surface area contributed by atoms with E-state index in [9.17, 15) is 24.6 Å². The van der Waals surface area contributed by atoms with E-state index >= 15 is 0 Å². The maximum atomic E-state index is 13.2. The van der Waals surface area contributed by atoms with Gasteiger partial charge in [0.15, 0.2) is 11.5 Å². The van der Waals surface area contributed by atoms with Crippen LogP contribution in [-0.2, 0) is 26.4 Å². The molecule has 2 N–H and O–H groups in total. The maximum absolute atomic E-state index is 13.2. The van der Waals surface area contributed by atoms with Gasteiger partial charge in [-0.05, 0) is 102 Å². The summed E-state index contributed by atoms with van der Waals surface area (Å²) in [5, 5.41) is 19.4. The molecule has 2 aromatic rings. The molecule has 4 unspecified atom stereocenters. The number of ketones is 3. The van der Waals surface area contributed by atoms with Crippen molar-refractivity contribution in [1.82, 2.24) is 14.9 Å². The Bertz CT molecular complexity index is 2180. The first-order valence-corrected chi connectivity index (χ1v) is 22.1. The number of hydrogen-bond acceptors (Lipinski definition) is 9.